The number of aliphatic hydroxyl groups is 1. The number of nitrogens with one attached hydrogen (secondary N) is 1. The Kier molecular flexibility index (Phi) is 5.94. The van der Waals surface area contributed by atoms with Gasteiger partial charge in [-0.25, -0.2) is 4.79 Å². The van der Waals surface area contributed by atoms with Gasteiger partial charge in [-0.1, -0.05) is 5.21 Å². The van der Waals surface area contributed by atoms with Gasteiger partial charge in [0.15, 0.2) is 0 Å². The lowest BCUT2D eigenvalue weighted by molar-refractivity contribution is -0.119. The van der Waals surface area contributed by atoms with E-state index in [4.69, 9.17) is 9.84 Å². The van der Waals surface area contributed by atoms with E-state index in [-0.39, 0.29) is 19.1 Å². The molecule has 11 nitrogen and oxygen atoms in total. The molecule has 1 atom stereocenters. The van der Waals surface area contributed by atoms with Crippen LogP contribution >= 0.6 is 0 Å². The lowest BCUT2D eigenvalue weighted by Crippen LogP contribution is -2.35. The normalized spacial score (nSPS) is 16.1. The number of aliphatic hydroxyl groups excluding tert-OH is 1. The third-order valence-corrected chi connectivity index (χ3v) is 5.03. The first-order valence-electron chi connectivity index (χ1n) is 9.91. The van der Waals surface area contributed by atoms with Crippen LogP contribution in [0.5, 0.6) is 5.75 Å². The fraction of sp³-hybridized carbons (Fsp3) is 0.350. The summed E-state index contributed by atoms with van der Waals surface area (Å²) in [6.07, 6.45) is 4.20. The number of aromatic nitrogens is 5. The molecule has 3 heterocycles. The largest absolute Gasteiger partial charge is 0.487 e. The molecule has 0 radical (unpaired) electrons. The highest BCUT2D eigenvalue weighted by Crippen LogP contribution is 2.28. The van der Waals surface area contributed by atoms with E-state index in [9.17, 15) is 14.4 Å². The van der Waals surface area contributed by atoms with Crippen LogP contribution in [0.1, 0.15) is 24.6 Å². The van der Waals surface area contributed by atoms with Gasteiger partial charge in [0.25, 0.3) is 5.56 Å². The zero-order valence-electron chi connectivity index (χ0n) is 16.7. The fourth-order valence-electron chi connectivity index (χ4n) is 3.48. The van der Waals surface area contributed by atoms with E-state index in [1.807, 2.05) is 0 Å². The van der Waals surface area contributed by atoms with Crippen molar-refractivity contribution in [2.24, 2.45) is 0 Å². The van der Waals surface area contributed by atoms with Crippen LogP contribution in [0, 0.1) is 0 Å². The summed E-state index contributed by atoms with van der Waals surface area (Å²) in [4.78, 5) is 39.9. The Morgan fingerprint density at radius 3 is 2.71 bits per heavy atom. The molecule has 1 fully saturated rings. The standard InChI is InChI=1S/C20H22N6O5/c27-11-1-8-24-12-14(22-23-24)13-31-16-4-2-15(3-5-16)25-9-6-17(19(25)29)26-10-7-18(28)21-20(26)30/h2-5,7,10,12,17,27H,1,6,8-9,11,13H2,(H,21,28,30). The maximum atomic E-state index is 12.8. The molecular formula is C20H22N6O5. The van der Waals surface area contributed by atoms with Gasteiger partial charge in [-0.2, -0.15) is 0 Å². The van der Waals surface area contributed by atoms with Crippen molar-refractivity contribution in [2.75, 3.05) is 18.1 Å². The van der Waals surface area contributed by atoms with Gasteiger partial charge >= 0.3 is 5.69 Å². The van der Waals surface area contributed by atoms with Gasteiger partial charge in [-0.3, -0.25) is 23.8 Å². The topological polar surface area (TPSA) is 135 Å². The second-order valence-electron chi connectivity index (χ2n) is 7.14. The van der Waals surface area contributed by atoms with Crippen molar-refractivity contribution in [3.8, 4) is 5.75 Å². The zero-order chi connectivity index (χ0) is 21.8. The van der Waals surface area contributed by atoms with E-state index >= 15 is 0 Å². The number of aromatic amines is 1. The molecule has 1 aromatic carbocycles. The molecule has 1 amide bonds. The Balaban J connectivity index is 1.38. The quantitative estimate of drug-likeness (QED) is 0.520. The fourth-order valence-corrected chi connectivity index (χ4v) is 3.48. The number of hydrogen-bond acceptors (Lipinski definition) is 7. The van der Waals surface area contributed by atoms with Gasteiger partial charge in [-0.15, -0.1) is 5.10 Å². The van der Waals surface area contributed by atoms with Crippen LogP contribution in [0.3, 0.4) is 0 Å². The predicted molar refractivity (Wildman–Crippen MR) is 110 cm³/mol. The summed E-state index contributed by atoms with van der Waals surface area (Å²) < 4.78 is 8.64. The number of rotatable bonds is 8. The summed E-state index contributed by atoms with van der Waals surface area (Å²) in [5.74, 6) is 0.413. The monoisotopic (exact) mass is 426 g/mol. The number of aryl methyl sites for hydroxylation is 1. The highest BCUT2D eigenvalue weighted by molar-refractivity contribution is 5.98. The maximum Gasteiger partial charge on any atom is 0.329 e. The maximum absolute atomic E-state index is 12.8. The summed E-state index contributed by atoms with van der Waals surface area (Å²) in [6.45, 7) is 1.40. The summed E-state index contributed by atoms with van der Waals surface area (Å²) >= 11 is 0. The molecule has 1 unspecified atom stereocenters. The van der Waals surface area contributed by atoms with Crippen molar-refractivity contribution in [3.63, 3.8) is 0 Å². The third kappa shape index (κ3) is 4.56. The van der Waals surface area contributed by atoms with Crippen molar-refractivity contribution >= 4 is 11.6 Å². The molecule has 3 aromatic rings. The van der Waals surface area contributed by atoms with Gasteiger partial charge in [0.1, 0.15) is 24.1 Å². The number of carbonyl (C=O) groups excluding carboxylic acids is 1. The molecule has 0 aliphatic carbocycles. The minimum Gasteiger partial charge on any atom is -0.487 e. The summed E-state index contributed by atoms with van der Waals surface area (Å²) in [5, 5.41) is 16.9. The minimum atomic E-state index is -0.645. The summed E-state index contributed by atoms with van der Waals surface area (Å²) in [5.41, 5.74) is 0.287. The van der Waals surface area contributed by atoms with Gasteiger partial charge in [0.05, 0.1) is 6.20 Å². The van der Waals surface area contributed by atoms with E-state index in [0.29, 0.717) is 43.1 Å². The lowest BCUT2D eigenvalue weighted by Gasteiger charge is -2.18. The first-order valence-corrected chi connectivity index (χ1v) is 9.91. The first kappa shape index (κ1) is 20.5. The predicted octanol–water partition coefficient (Wildman–Crippen LogP) is 0.0675. The van der Waals surface area contributed by atoms with E-state index < -0.39 is 17.3 Å². The first-order chi connectivity index (χ1) is 15.0. The SMILES string of the molecule is O=C1C(n2ccc(=O)[nH]c2=O)CCN1c1ccc(OCc2cn(CCCO)nn2)cc1. The Hall–Kier alpha value is -3.73. The molecule has 31 heavy (non-hydrogen) atoms. The number of carbonyl (C=O) groups is 1. The Labute approximate surface area is 176 Å². The minimum absolute atomic E-state index is 0.0971. The highest BCUT2D eigenvalue weighted by atomic mass is 16.5. The second kappa shape index (κ2) is 8.96. The number of ether oxygens (including phenoxy) is 1. The molecule has 2 aromatic heterocycles. The van der Waals surface area contributed by atoms with Crippen LogP contribution in [-0.2, 0) is 17.9 Å². The molecule has 1 aliphatic heterocycles. The number of hydrogen-bond donors (Lipinski definition) is 2. The summed E-state index contributed by atoms with van der Waals surface area (Å²) in [6, 6.07) is 7.67. The van der Waals surface area contributed by atoms with Crippen LogP contribution in [0.2, 0.25) is 0 Å². The molecular weight excluding hydrogens is 404 g/mol. The number of amides is 1. The average Bonchev–Trinajstić information content (AvgIpc) is 3.38. The van der Waals surface area contributed by atoms with Crippen LogP contribution in [-0.4, -0.2) is 48.7 Å². The zero-order valence-corrected chi connectivity index (χ0v) is 16.7. The molecule has 4 rings (SSSR count). The molecule has 1 saturated heterocycles. The molecule has 0 spiro atoms. The van der Waals surface area contributed by atoms with Gasteiger partial charge in [0, 0.05) is 37.6 Å². The molecule has 11 heteroatoms. The van der Waals surface area contributed by atoms with Crippen LogP contribution in [0.4, 0.5) is 5.69 Å². The third-order valence-electron chi connectivity index (χ3n) is 5.03. The smallest absolute Gasteiger partial charge is 0.329 e. The van der Waals surface area contributed by atoms with Gasteiger partial charge in [0.2, 0.25) is 5.91 Å². The van der Waals surface area contributed by atoms with Crippen molar-refractivity contribution in [2.45, 2.75) is 32.0 Å². The van der Waals surface area contributed by atoms with E-state index in [0.717, 1.165) is 0 Å². The van der Waals surface area contributed by atoms with E-state index in [2.05, 4.69) is 15.3 Å². The Morgan fingerprint density at radius 1 is 1.16 bits per heavy atom. The van der Waals surface area contributed by atoms with E-state index in [1.165, 1.54) is 16.8 Å². The highest BCUT2D eigenvalue weighted by Gasteiger charge is 2.34. The Morgan fingerprint density at radius 2 is 1.97 bits per heavy atom. The van der Waals surface area contributed by atoms with Crippen LogP contribution in [0.25, 0.3) is 0 Å². The van der Waals surface area contributed by atoms with Crippen molar-refractivity contribution in [3.05, 3.63) is 69.3 Å². The molecule has 0 saturated carbocycles. The number of benzene rings is 1. The van der Waals surface area contributed by atoms with Gasteiger partial charge in [-0.05, 0) is 37.1 Å². The van der Waals surface area contributed by atoms with Crippen LogP contribution < -0.4 is 20.9 Å². The lowest BCUT2D eigenvalue weighted by atomic mass is 10.2. The van der Waals surface area contributed by atoms with Crippen LogP contribution in [0.15, 0.2) is 52.3 Å². The van der Waals surface area contributed by atoms with Gasteiger partial charge < -0.3 is 14.7 Å². The van der Waals surface area contributed by atoms with Crippen molar-refractivity contribution < 1.29 is 14.6 Å². The number of H-pyrrole nitrogens is 1. The Bertz CT molecular complexity index is 1170. The van der Waals surface area contributed by atoms with Crippen molar-refractivity contribution in [1.29, 1.82) is 0 Å². The van der Waals surface area contributed by atoms with E-state index in [1.54, 1.807) is 40.0 Å². The summed E-state index contributed by atoms with van der Waals surface area (Å²) in [7, 11) is 0. The molecule has 162 valence electrons. The average molecular weight is 426 g/mol. The molecule has 0 bridgehead atoms. The van der Waals surface area contributed by atoms with Crippen molar-refractivity contribution in [1.82, 2.24) is 24.5 Å². The number of nitrogens with zero attached hydrogens (tertiary/aromatic N) is 5. The molecule has 2 N–H and O–H groups in total. The number of anilines is 1. The second-order valence-corrected chi connectivity index (χ2v) is 7.14. The molecule has 1 aliphatic rings.